The standard InChI is InChI=1S/C84H164O17P2/c1-6-9-12-15-18-21-24-27-28-29-30-31-32-33-40-45-50-55-60-65-70-84(89)101-80(74-95-82(87)68-63-58-53-48-43-39-35-34-38-41-46-51-56-61-66-77(4)5)76-99-103(92,93)97-72-78(85)71-96-102(90,91)98-75-79(100-83(88)69-64-59-54-49-44-37-26-23-20-17-14-11-8-3)73-94-81(86)67-62-57-52-47-42-36-25-22-19-16-13-10-7-2/h77-80,85H,6-76H2,1-5H3,(H,90,91)(H,92,93)/t78-,79+,80+/m0/s1. The van der Waals surface area contributed by atoms with Crippen molar-refractivity contribution in [3.8, 4) is 0 Å². The molecule has 0 spiro atoms. The maximum Gasteiger partial charge on any atom is 0.472 e. The Morgan fingerprint density at radius 2 is 0.447 bits per heavy atom. The van der Waals surface area contributed by atoms with Gasteiger partial charge >= 0.3 is 39.5 Å². The fourth-order valence-electron chi connectivity index (χ4n) is 13.1. The smallest absolute Gasteiger partial charge is 0.462 e. The first-order valence-corrected chi connectivity index (χ1v) is 46.6. The Morgan fingerprint density at radius 3 is 0.660 bits per heavy atom. The van der Waals surface area contributed by atoms with Gasteiger partial charge in [-0.3, -0.25) is 37.3 Å². The molecule has 17 nitrogen and oxygen atoms in total. The van der Waals surface area contributed by atoms with Gasteiger partial charge in [-0.2, -0.15) is 0 Å². The first-order valence-electron chi connectivity index (χ1n) is 43.6. The zero-order valence-electron chi connectivity index (χ0n) is 67.5. The Labute approximate surface area is 632 Å². The van der Waals surface area contributed by atoms with Crippen molar-refractivity contribution >= 4 is 39.5 Å². The van der Waals surface area contributed by atoms with Gasteiger partial charge in [0.25, 0.3) is 0 Å². The largest absolute Gasteiger partial charge is 0.472 e. The monoisotopic (exact) mass is 1510 g/mol. The molecule has 0 rings (SSSR count). The maximum atomic E-state index is 13.1. The molecule has 0 bridgehead atoms. The molecule has 612 valence electrons. The number of ether oxygens (including phenoxy) is 4. The van der Waals surface area contributed by atoms with Gasteiger partial charge in [0.1, 0.15) is 19.3 Å². The molecular weight excluding hydrogens is 1340 g/mol. The van der Waals surface area contributed by atoms with Gasteiger partial charge in [0, 0.05) is 25.7 Å². The van der Waals surface area contributed by atoms with Crippen LogP contribution in [0, 0.1) is 5.92 Å². The summed E-state index contributed by atoms with van der Waals surface area (Å²) in [5, 5.41) is 10.7. The van der Waals surface area contributed by atoms with E-state index in [1.807, 2.05) is 0 Å². The molecule has 103 heavy (non-hydrogen) atoms. The molecule has 0 aromatic carbocycles. The molecule has 0 amide bonds. The number of rotatable bonds is 84. The molecule has 5 atom stereocenters. The van der Waals surface area contributed by atoms with Crippen molar-refractivity contribution in [2.24, 2.45) is 5.92 Å². The Hall–Kier alpha value is -1.94. The number of hydrogen-bond donors (Lipinski definition) is 3. The van der Waals surface area contributed by atoms with Crippen LogP contribution in [0.1, 0.15) is 452 Å². The maximum absolute atomic E-state index is 13.1. The molecular formula is C84H164O17P2. The lowest BCUT2D eigenvalue weighted by Crippen LogP contribution is -2.30. The highest BCUT2D eigenvalue weighted by Crippen LogP contribution is 2.45. The molecule has 19 heteroatoms. The number of esters is 4. The van der Waals surface area contributed by atoms with E-state index in [9.17, 15) is 43.2 Å². The van der Waals surface area contributed by atoms with E-state index in [0.29, 0.717) is 25.7 Å². The van der Waals surface area contributed by atoms with Gasteiger partial charge in [-0.15, -0.1) is 0 Å². The quantitative estimate of drug-likeness (QED) is 0.0222. The second-order valence-corrected chi connectivity index (χ2v) is 33.6. The van der Waals surface area contributed by atoms with Crippen LogP contribution >= 0.6 is 15.6 Å². The summed E-state index contributed by atoms with van der Waals surface area (Å²) in [5.74, 6) is -1.30. The summed E-state index contributed by atoms with van der Waals surface area (Å²) < 4.78 is 68.9. The van der Waals surface area contributed by atoms with Gasteiger partial charge in [-0.1, -0.05) is 401 Å². The summed E-state index contributed by atoms with van der Waals surface area (Å²) in [6, 6.07) is 0. The average Bonchev–Trinajstić information content (AvgIpc) is 0.944. The average molecular weight is 1510 g/mol. The number of aliphatic hydroxyl groups is 1. The molecule has 0 radical (unpaired) electrons. The summed E-state index contributed by atoms with van der Waals surface area (Å²) in [6.07, 6.45) is 69.3. The summed E-state index contributed by atoms with van der Waals surface area (Å²) in [5.41, 5.74) is 0. The first-order chi connectivity index (χ1) is 50.0. The van der Waals surface area contributed by atoms with Crippen LogP contribution in [0.4, 0.5) is 0 Å². The van der Waals surface area contributed by atoms with Gasteiger partial charge in [0.2, 0.25) is 0 Å². The second-order valence-electron chi connectivity index (χ2n) is 30.7. The zero-order valence-corrected chi connectivity index (χ0v) is 69.3. The van der Waals surface area contributed by atoms with Gasteiger partial charge < -0.3 is 33.8 Å². The molecule has 0 fully saturated rings. The van der Waals surface area contributed by atoms with Crippen molar-refractivity contribution in [3.05, 3.63) is 0 Å². The van der Waals surface area contributed by atoms with Crippen molar-refractivity contribution in [3.63, 3.8) is 0 Å². The van der Waals surface area contributed by atoms with Crippen molar-refractivity contribution in [1.29, 1.82) is 0 Å². The van der Waals surface area contributed by atoms with E-state index in [1.54, 1.807) is 0 Å². The summed E-state index contributed by atoms with van der Waals surface area (Å²) >= 11 is 0. The normalized spacial score (nSPS) is 13.8. The van der Waals surface area contributed by atoms with Crippen LogP contribution < -0.4 is 0 Å². The SMILES string of the molecule is CCCCCCCCCCCCCCCCCCCCCCC(=O)O[C@H](COC(=O)CCCCCCCCCCCCCCCCC(C)C)COP(=O)(O)OC[C@@H](O)COP(=O)(O)OC[C@@H](COC(=O)CCCCCCCCCCCCCCC)OC(=O)CCCCCCCCCCCCCCC. The number of carbonyl (C=O) groups excluding carboxylic acids is 4. The summed E-state index contributed by atoms with van der Waals surface area (Å²) in [6.45, 7) is 7.38. The van der Waals surface area contributed by atoms with E-state index in [0.717, 1.165) is 95.8 Å². The highest BCUT2D eigenvalue weighted by atomic mass is 31.2. The molecule has 0 saturated carbocycles. The third-order valence-corrected chi connectivity index (χ3v) is 21.7. The number of phosphoric ester groups is 2. The fourth-order valence-corrected chi connectivity index (χ4v) is 14.7. The Bertz CT molecular complexity index is 1960. The van der Waals surface area contributed by atoms with E-state index >= 15 is 0 Å². The van der Waals surface area contributed by atoms with Crippen LogP contribution in [0.3, 0.4) is 0 Å². The molecule has 0 aromatic heterocycles. The Kier molecular flexibility index (Phi) is 75.4. The molecule has 0 saturated heterocycles. The minimum Gasteiger partial charge on any atom is -0.462 e. The van der Waals surface area contributed by atoms with Gasteiger partial charge in [-0.05, 0) is 31.6 Å². The van der Waals surface area contributed by atoms with E-state index in [2.05, 4.69) is 34.6 Å². The molecule has 3 N–H and O–H groups in total. The minimum atomic E-state index is -4.96. The predicted octanol–water partition coefficient (Wildman–Crippen LogP) is 25.6. The number of aliphatic hydroxyl groups excluding tert-OH is 1. The molecule has 2 unspecified atom stereocenters. The summed E-state index contributed by atoms with van der Waals surface area (Å²) in [7, 11) is -9.92. The van der Waals surface area contributed by atoms with E-state index in [4.69, 9.17) is 37.0 Å². The highest BCUT2D eigenvalue weighted by Gasteiger charge is 2.30. The van der Waals surface area contributed by atoms with Crippen molar-refractivity contribution in [2.45, 2.75) is 470 Å². The van der Waals surface area contributed by atoms with Gasteiger partial charge in [-0.25, -0.2) is 9.13 Å². The van der Waals surface area contributed by atoms with Crippen LogP contribution in [-0.4, -0.2) is 96.7 Å². The van der Waals surface area contributed by atoms with Crippen molar-refractivity contribution < 1.29 is 80.2 Å². The number of phosphoric acid groups is 2. The number of unbranched alkanes of at least 4 members (excludes halogenated alkanes) is 56. The van der Waals surface area contributed by atoms with Crippen molar-refractivity contribution in [2.75, 3.05) is 39.6 Å². The lowest BCUT2D eigenvalue weighted by Gasteiger charge is -2.21. The lowest BCUT2D eigenvalue weighted by atomic mass is 10.0. The summed E-state index contributed by atoms with van der Waals surface area (Å²) in [4.78, 5) is 73.2. The highest BCUT2D eigenvalue weighted by molar-refractivity contribution is 7.47. The van der Waals surface area contributed by atoms with Gasteiger partial charge in [0.15, 0.2) is 12.2 Å². The third-order valence-electron chi connectivity index (χ3n) is 19.8. The predicted molar refractivity (Wildman–Crippen MR) is 423 cm³/mol. The molecule has 0 aromatic rings. The molecule has 0 heterocycles. The van der Waals surface area contributed by atoms with Gasteiger partial charge in [0.05, 0.1) is 26.4 Å². The lowest BCUT2D eigenvalue weighted by molar-refractivity contribution is -0.161. The number of hydrogen-bond acceptors (Lipinski definition) is 15. The van der Waals surface area contributed by atoms with Crippen LogP contribution in [0.25, 0.3) is 0 Å². The fraction of sp³-hybridized carbons (Fsp3) is 0.952. The number of carbonyl (C=O) groups is 4. The van der Waals surface area contributed by atoms with E-state index in [1.165, 1.54) is 276 Å². The molecule has 0 aliphatic heterocycles. The Morgan fingerprint density at radius 1 is 0.262 bits per heavy atom. The molecule has 0 aliphatic carbocycles. The third kappa shape index (κ3) is 78.0. The van der Waals surface area contributed by atoms with Crippen LogP contribution in [0.2, 0.25) is 0 Å². The van der Waals surface area contributed by atoms with E-state index < -0.39 is 97.5 Å². The molecule has 0 aliphatic rings. The minimum absolute atomic E-state index is 0.109. The second kappa shape index (κ2) is 76.8. The topological polar surface area (TPSA) is 237 Å². The zero-order chi connectivity index (χ0) is 75.5. The van der Waals surface area contributed by atoms with Crippen LogP contribution in [0.15, 0.2) is 0 Å². The van der Waals surface area contributed by atoms with Crippen LogP contribution in [-0.2, 0) is 65.4 Å². The van der Waals surface area contributed by atoms with Crippen LogP contribution in [0.5, 0.6) is 0 Å². The van der Waals surface area contributed by atoms with Crippen molar-refractivity contribution in [1.82, 2.24) is 0 Å². The Balaban J connectivity index is 5.25. The first kappa shape index (κ1) is 101. The van der Waals surface area contributed by atoms with E-state index in [-0.39, 0.29) is 25.7 Å².